The molecule has 37 heavy (non-hydrogen) atoms. The first kappa shape index (κ1) is 29.7. The molecule has 0 aromatic carbocycles. The maximum atomic E-state index is 12.6. The van der Waals surface area contributed by atoms with Crippen LogP contribution in [-0.2, 0) is 44.5 Å². The fraction of sp³-hybridized carbons (Fsp3) is 0.571. The van der Waals surface area contributed by atoms with Crippen LogP contribution in [0.5, 0.6) is 0 Å². The molecule has 23 heteroatoms. The number of phosphoric ester groups is 1. The van der Waals surface area contributed by atoms with Gasteiger partial charge in [-0.1, -0.05) is 12.1 Å². The Kier molecular flexibility index (Phi) is 8.88. The summed E-state index contributed by atoms with van der Waals surface area (Å²) in [6, 6.07) is 0. The lowest BCUT2D eigenvalue weighted by atomic mass is 10.0. The van der Waals surface area contributed by atoms with E-state index >= 15 is 0 Å². The van der Waals surface area contributed by atoms with E-state index in [1.807, 2.05) is 11.9 Å². The van der Waals surface area contributed by atoms with Crippen molar-refractivity contribution in [2.45, 2.75) is 44.3 Å². The van der Waals surface area contributed by atoms with Crippen molar-refractivity contribution in [2.24, 2.45) is 0 Å². The minimum absolute atomic E-state index is 0.0638. The molecular formula is C14H22N5O15P3. The third-order valence-corrected chi connectivity index (χ3v) is 8.60. The first-order valence-corrected chi connectivity index (χ1v) is 14.6. The number of H-pyrrole nitrogens is 2. The van der Waals surface area contributed by atoms with E-state index < -0.39 is 65.7 Å². The lowest BCUT2D eigenvalue weighted by molar-refractivity contribution is -0.0230. The summed E-state index contributed by atoms with van der Waals surface area (Å²) in [5.41, 5.74) is -1.66. The molecule has 3 unspecified atom stereocenters. The van der Waals surface area contributed by atoms with E-state index in [9.17, 15) is 43.3 Å². The second-order valence-corrected chi connectivity index (χ2v) is 11.9. The maximum Gasteiger partial charge on any atom is 0.490 e. The molecule has 3 heterocycles. The van der Waals surface area contributed by atoms with Crippen molar-refractivity contribution in [3.05, 3.63) is 44.0 Å². The Hall–Kier alpha value is -1.89. The lowest BCUT2D eigenvalue weighted by Crippen LogP contribution is -2.35. The number of rotatable bonds is 11. The van der Waals surface area contributed by atoms with Crippen molar-refractivity contribution in [1.29, 1.82) is 0 Å². The number of hydrogen-bond acceptors (Lipinski definition) is 13. The Morgan fingerprint density at radius 1 is 1.05 bits per heavy atom. The molecule has 1 fully saturated rings. The van der Waals surface area contributed by atoms with Crippen molar-refractivity contribution in [3.63, 3.8) is 0 Å². The van der Waals surface area contributed by atoms with Crippen molar-refractivity contribution in [2.75, 3.05) is 6.61 Å². The van der Waals surface area contributed by atoms with Crippen LogP contribution >= 0.6 is 23.5 Å². The van der Waals surface area contributed by atoms with Gasteiger partial charge in [-0.05, 0) is 6.42 Å². The third-order valence-electron chi connectivity index (χ3n) is 4.79. The van der Waals surface area contributed by atoms with Gasteiger partial charge in [0.05, 0.1) is 30.1 Å². The lowest BCUT2D eigenvalue weighted by Gasteiger charge is -2.19. The Balaban J connectivity index is 1.78. The molecule has 208 valence electrons. The quantitative estimate of drug-likeness (QED) is 0.128. The van der Waals surface area contributed by atoms with Gasteiger partial charge in [-0.2, -0.15) is 8.62 Å². The Labute approximate surface area is 205 Å². The molecule has 3 rings (SSSR count). The zero-order chi connectivity index (χ0) is 27.8. The summed E-state index contributed by atoms with van der Waals surface area (Å²) in [7, 11) is -16.9. The molecule has 1 aliphatic rings. The van der Waals surface area contributed by atoms with E-state index in [0.29, 0.717) is 12.1 Å². The van der Waals surface area contributed by atoms with Gasteiger partial charge in [0.1, 0.15) is 24.4 Å². The molecular weight excluding hydrogens is 571 g/mol. The summed E-state index contributed by atoms with van der Waals surface area (Å²) in [4.78, 5) is 64.6. The SMILES string of the molecule is CCc1cn(Cc2[nH]c(=O)[nH]c(=O)c2[C@@H]2O[C@H](COP(=O)(O)OP(=O)(O)OP(=O)(O)O)C(O)[C@@H]2O)nn1. The van der Waals surface area contributed by atoms with Crippen LogP contribution in [0.3, 0.4) is 0 Å². The zero-order valence-electron chi connectivity index (χ0n) is 18.5. The van der Waals surface area contributed by atoms with Gasteiger partial charge < -0.3 is 39.5 Å². The number of ether oxygens (including phenoxy) is 1. The van der Waals surface area contributed by atoms with E-state index in [1.54, 1.807) is 0 Å². The number of nitrogens with one attached hydrogen (secondary N) is 2. The second kappa shape index (κ2) is 11.1. The van der Waals surface area contributed by atoms with Gasteiger partial charge in [-0.15, -0.1) is 5.10 Å². The summed E-state index contributed by atoms with van der Waals surface area (Å²) in [5.74, 6) is 0. The molecule has 0 amide bonds. The molecule has 1 saturated heterocycles. The van der Waals surface area contributed by atoms with Crippen LogP contribution < -0.4 is 11.2 Å². The third kappa shape index (κ3) is 7.81. The predicted molar refractivity (Wildman–Crippen MR) is 116 cm³/mol. The van der Waals surface area contributed by atoms with Crippen LogP contribution in [0.25, 0.3) is 0 Å². The fourth-order valence-corrected chi connectivity index (χ4v) is 6.33. The van der Waals surface area contributed by atoms with Gasteiger partial charge in [0, 0.05) is 6.20 Å². The summed E-state index contributed by atoms with van der Waals surface area (Å²) >= 11 is 0. The van der Waals surface area contributed by atoms with Gasteiger partial charge in [0.2, 0.25) is 0 Å². The average molecular weight is 593 g/mol. The van der Waals surface area contributed by atoms with Crippen molar-refractivity contribution < 1.29 is 61.4 Å². The largest absolute Gasteiger partial charge is 0.490 e. The smallest absolute Gasteiger partial charge is 0.387 e. The molecule has 0 spiro atoms. The minimum atomic E-state index is -5.78. The molecule has 0 radical (unpaired) electrons. The van der Waals surface area contributed by atoms with E-state index in [0.717, 1.165) is 0 Å². The summed E-state index contributed by atoms with van der Waals surface area (Å²) < 4.78 is 52.3. The first-order valence-electron chi connectivity index (χ1n) is 10.0. The van der Waals surface area contributed by atoms with Crippen molar-refractivity contribution in [3.8, 4) is 0 Å². The fourth-order valence-electron chi connectivity index (χ4n) is 3.30. The van der Waals surface area contributed by atoms with Crippen LogP contribution in [0.2, 0.25) is 0 Å². The number of aliphatic hydroxyl groups excluding tert-OH is 2. The van der Waals surface area contributed by atoms with E-state index in [1.165, 1.54) is 10.9 Å². The topological polar surface area (TPSA) is 306 Å². The molecule has 1 aliphatic heterocycles. The van der Waals surface area contributed by atoms with Gasteiger partial charge >= 0.3 is 29.2 Å². The minimum Gasteiger partial charge on any atom is -0.387 e. The molecule has 8 N–H and O–H groups in total. The van der Waals surface area contributed by atoms with Gasteiger partial charge in [0.25, 0.3) is 5.56 Å². The Morgan fingerprint density at radius 2 is 1.73 bits per heavy atom. The molecule has 0 saturated carbocycles. The monoisotopic (exact) mass is 593 g/mol. The van der Waals surface area contributed by atoms with Gasteiger partial charge in [-0.25, -0.2) is 23.2 Å². The number of aromatic nitrogens is 5. The second-order valence-electron chi connectivity index (χ2n) is 7.52. The first-order chi connectivity index (χ1) is 17.0. The van der Waals surface area contributed by atoms with Crippen LogP contribution in [0, 0.1) is 0 Å². The molecule has 0 bridgehead atoms. The standard InChI is InChI=1S/C14H22N5O15P3/c1-2-6-3-19(18-17-6)4-7-9(13(22)16-14(23)15-7)12-11(21)10(20)8(32-12)5-31-36(27,28)34-37(29,30)33-35(24,25)26/h3,8,10-12,20-21H,2,4-5H2,1H3,(H,27,28)(H,29,30)(H2,24,25,26)(H2,15,16,22,23)/t8-,10?,11+,12+/m1/s1. The number of hydrogen-bond donors (Lipinski definition) is 8. The maximum absolute atomic E-state index is 12.6. The predicted octanol–water partition coefficient (Wildman–Crippen LogP) is -2.23. The molecule has 0 aliphatic carbocycles. The van der Waals surface area contributed by atoms with Crippen molar-refractivity contribution >= 4 is 23.5 Å². The molecule has 2 aromatic rings. The number of aromatic amines is 2. The van der Waals surface area contributed by atoms with E-state index in [-0.39, 0.29) is 17.8 Å². The average Bonchev–Trinajstić information content (AvgIpc) is 3.29. The highest BCUT2D eigenvalue weighted by Gasteiger charge is 2.47. The highest BCUT2D eigenvalue weighted by molar-refractivity contribution is 7.66. The highest BCUT2D eigenvalue weighted by Crippen LogP contribution is 2.66. The molecule has 2 aromatic heterocycles. The number of nitrogens with zero attached hydrogens (tertiary/aromatic N) is 3. The van der Waals surface area contributed by atoms with E-state index in [2.05, 4.69) is 28.4 Å². The number of aryl methyl sites for hydroxylation is 1. The van der Waals surface area contributed by atoms with Crippen LogP contribution in [0.15, 0.2) is 15.8 Å². The summed E-state index contributed by atoms with van der Waals surface area (Å²) in [6.07, 6.45) is -4.84. The number of phosphoric acid groups is 3. The van der Waals surface area contributed by atoms with Crippen LogP contribution in [-0.4, -0.2) is 79.7 Å². The molecule has 20 nitrogen and oxygen atoms in total. The number of aliphatic hydroxyl groups is 2. The Bertz CT molecular complexity index is 1380. The van der Waals surface area contributed by atoms with Crippen LogP contribution in [0.1, 0.15) is 30.0 Å². The Morgan fingerprint density at radius 3 is 2.32 bits per heavy atom. The van der Waals surface area contributed by atoms with Gasteiger partial charge in [0.15, 0.2) is 0 Å². The normalized spacial score (nSPS) is 25.6. The van der Waals surface area contributed by atoms with Crippen molar-refractivity contribution in [1.82, 2.24) is 25.0 Å². The summed E-state index contributed by atoms with van der Waals surface area (Å²) in [6.45, 7) is 0.538. The highest BCUT2D eigenvalue weighted by atomic mass is 31.3. The zero-order valence-corrected chi connectivity index (χ0v) is 21.2. The van der Waals surface area contributed by atoms with E-state index in [4.69, 9.17) is 14.5 Å². The van der Waals surface area contributed by atoms with Crippen LogP contribution in [0.4, 0.5) is 0 Å². The van der Waals surface area contributed by atoms with Gasteiger partial charge in [-0.3, -0.25) is 14.3 Å². The molecule has 6 atom stereocenters. The summed E-state index contributed by atoms with van der Waals surface area (Å²) in [5, 5.41) is 28.5.